The molecule has 0 bridgehead atoms. The molecule has 1 aromatic heterocycles. The van der Waals surface area contributed by atoms with Crippen molar-refractivity contribution in [2.24, 2.45) is 0 Å². The molecule has 12 rings (SSSR count). The molecule has 2 aliphatic heterocycles. The summed E-state index contributed by atoms with van der Waals surface area (Å²) in [5, 5.41) is 2.43. The first kappa shape index (κ1) is 34.7. The van der Waals surface area contributed by atoms with E-state index in [0.29, 0.717) is 0 Å². The van der Waals surface area contributed by atoms with Crippen LogP contribution in [0.25, 0.3) is 55.5 Å². The predicted octanol–water partition coefficient (Wildman–Crippen LogP) is 14.8. The maximum Gasteiger partial charge on any atom is 0.0971 e. The largest absolute Gasteiger partial charge is 0.310 e. The van der Waals surface area contributed by atoms with Crippen LogP contribution in [0, 0.1) is 0 Å². The Balaban J connectivity index is 1.00. The highest BCUT2D eigenvalue weighted by molar-refractivity contribution is 6.21. The van der Waals surface area contributed by atoms with E-state index in [1.54, 1.807) is 12.4 Å². The Bertz CT molecular complexity index is 2900. The summed E-state index contributed by atoms with van der Waals surface area (Å²) in [6.07, 6.45) is 3.61. The highest BCUT2D eigenvalue weighted by atomic mass is 15.2. The molecule has 0 saturated heterocycles. The van der Waals surface area contributed by atoms with E-state index < -0.39 is 0 Å². The molecule has 0 unspecified atom stereocenters. The van der Waals surface area contributed by atoms with Gasteiger partial charge in [-0.3, -0.25) is 9.97 Å². The molecule has 286 valence electrons. The average Bonchev–Trinajstić information content (AvgIpc) is 3.62. The van der Waals surface area contributed by atoms with Crippen LogP contribution in [-0.4, -0.2) is 9.97 Å². The van der Waals surface area contributed by atoms with Gasteiger partial charge in [-0.1, -0.05) is 149 Å². The number of aromatic nitrogens is 2. The van der Waals surface area contributed by atoms with Crippen molar-refractivity contribution in [1.82, 2.24) is 9.97 Å². The second-order valence-electron chi connectivity index (χ2n) is 17.4. The molecule has 0 fully saturated rings. The fourth-order valence-corrected chi connectivity index (χ4v) is 10.6. The molecular formula is C56H42N4. The molecule has 0 spiro atoms. The molecule has 0 radical (unpaired) electrons. The number of rotatable bonds is 4. The number of hydrogen-bond acceptors (Lipinski definition) is 4. The van der Waals surface area contributed by atoms with Crippen molar-refractivity contribution >= 4 is 44.9 Å². The minimum absolute atomic E-state index is 0.107. The fraction of sp³-hybridized carbons (Fsp3) is 0.107. The molecule has 1 aliphatic carbocycles. The SMILES string of the molecule is CC1(C)c2ccccc2N(c2ccc(-c3ccc4c5c(ccc(-c6ccc(N7c8ccccc8C(C)(C)c8ccccc87)cc6)c35)-c3nccnc3-4)cc2)c2ccccc21. The Hall–Kier alpha value is -7.30. The van der Waals surface area contributed by atoms with Gasteiger partial charge in [-0.2, -0.15) is 0 Å². The van der Waals surface area contributed by atoms with Crippen molar-refractivity contribution < 1.29 is 0 Å². The Morgan fingerprint density at radius 1 is 0.333 bits per heavy atom. The van der Waals surface area contributed by atoms with Gasteiger partial charge in [0, 0.05) is 51.1 Å². The molecule has 0 amide bonds. The highest BCUT2D eigenvalue weighted by Gasteiger charge is 2.38. The third-order valence-corrected chi connectivity index (χ3v) is 13.5. The van der Waals surface area contributed by atoms with Gasteiger partial charge in [-0.15, -0.1) is 0 Å². The van der Waals surface area contributed by atoms with Crippen molar-refractivity contribution in [2.75, 3.05) is 9.80 Å². The number of para-hydroxylation sites is 4. The molecule has 4 nitrogen and oxygen atoms in total. The first-order valence-electron chi connectivity index (χ1n) is 20.9. The molecule has 0 N–H and O–H groups in total. The first-order chi connectivity index (χ1) is 29.3. The van der Waals surface area contributed by atoms with E-state index in [9.17, 15) is 0 Å². The van der Waals surface area contributed by atoms with Gasteiger partial charge in [-0.25, -0.2) is 0 Å². The van der Waals surface area contributed by atoms with Crippen LogP contribution in [0.4, 0.5) is 34.1 Å². The summed E-state index contributed by atoms with van der Waals surface area (Å²) >= 11 is 0. The van der Waals surface area contributed by atoms with Crippen molar-refractivity contribution in [3.05, 3.63) is 205 Å². The van der Waals surface area contributed by atoms with Gasteiger partial charge in [0.25, 0.3) is 0 Å². The molecule has 0 atom stereocenters. The van der Waals surface area contributed by atoms with Gasteiger partial charge in [0.2, 0.25) is 0 Å². The average molecular weight is 771 g/mol. The van der Waals surface area contributed by atoms with Crippen molar-refractivity contribution in [1.29, 1.82) is 0 Å². The van der Waals surface area contributed by atoms with E-state index in [2.05, 4.69) is 207 Å². The predicted molar refractivity (Wildman–Crippen MR) is 248 cm³/mol. The fourth-order valence-electron chi connectivity index (χ4n) is 10.6. The molecular weight excluding hydrogens is 729 g/mol. The maximum absolute atomic E-state index is 4.85. The maximum atomic E-state index is 4.85. The molecule has 9 aromatic rings. The second-order valence-corrected chi connectivity index (χ2v) is 17.4. The number of benzene rings is 8. The van der Waals surface area contributed by atoms with Gasteiger partial charge >= 0.3 is 0 Å². The van der Waals surface area contributed by atoms with Crippen molar-refractivity contribution in [3.63, 3.8) is 0 Å². The molecule has 0 saturated carbocycles. The van der Waals surface area contributed by atoms with E-state index in [0.717, 1.165) is 33.9 Å². The van der Waals surface area contributed by atoms with Crippen LogP contribution >= 0.6 is 0 Å². The Labute approximate surface area is 351 Å². The van der Waals surface area contributed by atoms with E-state index in [-0.39, 0.29) is 10.8 Å². The topological polar surface area (TPSA) is 32.3 Å². The van der Waals surface area contributed by atoms with E-state index in [1.165, 1.54) is 78.0 Å². The van der Waals surface area contributed by atoms with E-state index in [4.69, 9.17) is 9.97 Å². The normalized spacial score (nSPS) is 14.9. The number of fused-ring (bicyclic) bond motifs is 7. The summed E-state index contributed by atoms with van der Waals surface area (Å²) in [5.41, 5.74) is 21.2. The Morgan fingerprint density at radius 3 is 0.983 bits per heavy atom. The lowest BCUT2D eigenvalue weighted by atomic mass is 9.73. The smallest absolute Gasteiger partial charge is 0.0971 e. The summed E-state index contributed by atoms with van der Waals surface area (Å²) in [6, 6.07) is 62.7. The van der Waals surface area contributed by atoms with Gasteiger partial charge in [0.15, 0.2) is 0 Å². The molecule has 3 aliphatic rings. The monoisotopic (exact) mass is 770 g/mol. The highest BCUT2D eigenvalue weighted by Crippen LogP contribution is 2.55. The minimum Gasteiger partial charge on any atom is -0.310 e. The van der Waals surface area contributed by atoms with Crippen LogP contribution < -0.4 is 9.80 Å². The molecule has 8 aromatic carbocycles. The summed E-state index contributed by atoms with van der Waals surface area (Å²) in [4.78, 5) is 14.6. The lowest BCUT2D eigenvalue weighted by Crippen LogP contribution is -2.30. The number of hydrogen-bond donors (Lipinski definition) is 0. The van der Waals surface area contributed by atoms with Gasteiger partial charge in [0.05, 0.1) is 34.1 Å². The summed E-state index contributed by atoms with van der Waals surface area (Å²) in [5.74, 6) is 0. The Kier molecular flexibility index (Phi) is 7.29. The van der Waals surface area contributed by atoms with Crippen molar-refractivity contribution in [3.8, 4) is 44.8 Å². The quantitative estimate of drug-likeness (QED) is 0.178. The van der Waals surface area contributed by atoms with Crippen molar-refractivity contribution in [2.45, 2.75) is 38.5 Å². The lowest BCUT2D eigenvalue weighted by molar-refractivity contribution is 0.632. The summed E-state index contributed by atoms with van der Waals surface area (Å²) in [7, 11) is 0. The zero-order valence-electron chi connectivity index (χ0n) is 34.1. The minimum atomic E-state index is -0.107. The summed E-state index contributed by atoms with van der Waals surface area (Å²) in [6.45, 7) is 9.34. The van der Waals surface area contributed by atoms with E-state index >= 15 is 0 Å². The number of nitrogens with zero attached hydrogens (tertiary/aromatic N) is 4. The third kappa shape index (κ3) is 4.79. The van der Waals surface area contributed by atoms with E-state index in [1.807, 2.05) is 0 Å². The first-order valence-corrected chi connectivity index (χ1v) is 20.9. The second kappa shape index (κ2) is 12.6. The lowest BCUT2D eigenvalue weighted by Gasteiger charge is -2.42. The van der Waals surface area contributed by atoms with Crippen LogP contribution in [0.3, 0.4) is 0 Å². The standard InChI is InChI=1S/C56H42N4/c1-55(2)43-13-5-9-17-47(43)59(48-18-10-6-14-44(48)55)37-25-21-35(22-26-37)39-29-31-41-52-42(54-53(41)57-33-34-58-54)32-30-40(51(39)52)36-23-27-38(28-24-36)60-49-19-11-7-15-45(49)56(3,4)46-16-8-12-20-50(46)60/h5-34H,1-4H3. The van der Waals surface area contributed by atoms with Gasteiger partial charge in [-0.05, 0) is 98.4 Å². The van der Waals surface area contributed by atoms with Gasteiger partial charge < -0.3 is 9.80 Å². The van der Waals surface area contributed by atoms with Crippen LogP contribution in [0.1, 0.15) is 49.9 Å². The molecule has 4 heteroatoms. The molecule has 60 heavy (non-hydrogen) atoms. The van der Waals surface area contributed by atoms with Gasteiger partial charge in [0.1, 0.15) is 0 Å². The zero-order valence-corrected chi connectivity index (χ0v) is 34.1. The number of anilines is 6. The van der Waals surface area contributed by atoms with Crippen LogP contribution in [0.5, 0.6) is 0 Å². The summed E-state index contributed by atoms with van der Waals surface area (Å²) < 4.78 is 0. The van der Waals surface area contributed by atoms with Crippen LogP contribution in [0.15, 0.2) is 182 Å². The zero-order chi connectivity index (χ0) is 40.3. The Morgan fingerprint density at radius 2 is 0.633 bits per heavy atom. The van der Waals surface area contributed by atoms with Crippen LogP contribution in [0.2, 0.25) is 0 Å². The molecule has 3 heterocycles. The van der Waals surface area contributed by atoms with Crippen LogP contribution in [-0.2, 0) is 10.8 Å². The third-order valence-electron chi connectivity index (χ3n) is 13.5.